The molecule has 0 radical (unpaired) electrons. The fourth-order valence-corrected chi connectivity index (χ4v) is 7.96. The van der Waals surface area contributed by atoms with Gasteiger partial charge in [-0.2, -0.15) is 0 Å². The molecule has 36 heavy (non-hydrogen) atoms. The largest absolute Gasteiger partial charge is 0.481 e. The van der Waals surface area contributed by atoms with Gasteiger partial charge < -0.3 is 30.0 Å². The van der Waals surface area contributed by atoms with E-state index < -0.39 is 53.6 Å². The fourth-order valence-electron chi connectivity index (χ4n) is 3.44. The molecule has 0 bridgehead atoms. The molecule has 3 atom stereocenters. The molecule has 0 spiro atoms. The summed E-state index contributed by atoms with van der Waals surface area (Å²) in [5.41, 5.74) is 0. The maximum Gasteiger partial charge on any atom is 0.303 e. The average Bonchev–Trinajstić information content (AvgIpc) is 2.81. The number of aliphatic carboxylic acids is 3. The summed E-state index contributed by atoms with van der Waals surface area (Å²) in [4.78, 5) is 68.3. The second-order valence-electron chi connectivity index (χ2n) is 8.58. The van der Waals surface area contributed by atoms with E-state index in [0.717, 1.165) is 0 Å². The summed E-state index contributed by atoms with van der Waals surface area (Å²) in [5.74, 6) is -3.38. The number of hydrogen-bond acceptors (Lipinski definition) is 9. The average molecular weight is 579 g/mol. The van der Waals surface area contributed by atoms with Crippen molar-refractivity contribution in [1.29, 1.82) is 0 Å². The maximum atomic E-state index is 12.5. The molecule has 3 unspecified atom stereocenters. The lowest BCUT2D eigenvalue weighted by molar-refractivity contribution is -0.137. The topological polar surface area (TPSA) is 216 Å². The lowest BCUT2D eigenvalue weighted by Crippen LogP contribution is -2.37. The van der Waals surface area contributed by atoms with Crippen molar-refractivity contribution in [2.45, 2.75) is 26.7 Å². The second-order valence-corrected chi connectivity index (χ2v) is 15.2. The van der Waals surface area contributed by atoms with Crippen LogP contribution in [-0.4, -0.2) is 139 Å². The van der Waals surface area contributed by atoms with Gasteiger partial charge in [-0.25, -0.2) is 0 Å². The quantitative estimate of drug-likeness (QED) is 0.148. The molecule has 17 heteroatoms. The van der Waals surface area contributed by atoms with Crippen molar-refractivity contribution in [3.05, 3.63) is 0 Å². The van der Waals surface area contributed by atoms with Crippen LogP contribution in [0.3, 0.4) is 0 Å². The van der Waals surface area contributed by atoms with E-state index >= 15 is 0 Å². The summed E-state index contributed by atoms with van der Waals surface area (Å²) in [6.07, 6.45) is -2.05. The monoisotopic (exact) mass is 579 g/mol. The van der Waals surface area contributed by atoms with Crippen LogP contribution >= 0.6 is 22.9 Å². The van der Waals surface area contributed by atoms with E-state index in [9.17, 15) is 38.2 Å². The van der Waals surface area contributed by atoms with Crippen molar-refractivity contribution >= 4 is 40.8 Å². The third-order valence-electron chi connectivity index (χ3n) is 5.34. The van der Waals surface area contributed by atoms with Gasteiger partial charge in [0.2, 0.25) is 14.7 Å². The molecule has 6 N–H and O–H groups in total. The van der Waals surface area contributed by atoms with Gasteiger partial charge in [-0.15, -0.1) is 0 Å². The minimum absolute atomic E-state index is 0. The molecule has 14 nitrogen and oxygen atoms in total. The first-order chi connectivity index (χ1) is 16.2. The zero-order valence-electron chi connectivity index (χ0n) is 19.5. The lowest BCUT2D eigenvalue weighted by atomic mass is 10.5. The van der Waals surface area contributed by atoms with Crippen LogP contribution < -0.4 is 0 Å². The summed E-state index contributed by atoms with van der Waals surface area (Å²) in [6, 6.07) is 0. The van der Waals surface area contributed by atoms with E-state index in [1.807, 2.05) is 4.90 Å². The highest BCUT2D eigenvalue weighted by Crippen LogP contribution is 2.43. The molecule has 212 valence electrons. The van der Waals surface area contributed by atoms with Crippen LogP contribution in [0.1, 0.15) is 26.7 Å². The third-order valence-corrected chi connectivity index (χ3v) is 10.3. The highest BCUT2D eigenvalue weighted by Gasteiger charge is 2.28. The van der Waals surface area contributed by atoms with Crippen LogP contribution in [0.2, 0.25) is 0 Å². The number of rotatable bonds is 15. The highest BCUT2D eigenvalue weighted by molar-refractivity contribution is 7.58. The minimum Gasteiger partial charge on any atom is -0.481 e. The number of carboxylic acid groups (broad SMARTS) is 3. The van der Waals surface area contributed by atoms with E-state index in [4.69, 9.17) is 15.3 Å². The first-order valence-electron chi connectivity index (χ1n) is 11.1. The molecule has 0 aliphatic carbocycles. The molecule has 1 rings (SSSR count). The van der Waals surface area contributed by atoms with Gasteiger partial charge >= 0.3 is 17.9 Å². The first-order valence-corrected chi connectivity index (χ1v) is 16.8. The second kappa shape index (κ2) is 16.8. The van der Waals surface area contributed by atoms with E-state index in [0.29, 0.717) is 26.2 Å². The van der Waals surface area contributed by atoms with Crippen LogP contribution in [0, 0.1) is 0 Å². The van der Waals surface area contributed by atoms with Crippen molar-refractivity contribution in [3.8, 4) is 0 Å². The predicted octanol–water partition coefficient (Wildman–Crippen LogP) is 0.769. The zero-order valence-corrected chi connectivity index (χ0v) is 22.2. The summed E-state index contributed by atoms with van der Waals surface area (Å²) >= 11 is 0. The Hall–Kier alpha value is -0.940. The maximum absolute atomic E-state index is 12.5. The SMILES string of the molecule is C.O=C(O)CCP(O)CN1CCN(CP(=O)(O)CCC(=O)O)CCN(CP(=O)(O)CCC(=O)O)CC1. The number of carboxylic acids is 3. The zero-order chi connectivity index (χ0) is 26.6. The smallest absolute Gasteiger partial charge is 0.303 e. The van der Waals surface area contributed by atoms with Crippen molar-refractivity contribution in [2.24, 2.45) is 0 Å². The molecule has 0 saturated carbocycles. The van der Waals surface area contributed by atoms with Gasteiger partial charge in [0, 0.05) is 72.2 Å². The number of nitrogens with zero attached hydrogens (tertiary/aromatic N) is 3. The predicted molar refractivity (Wildman–Crippen MR) is 136 cm³/mol. The molecule has 1 saturated heterocycles. The van der Waals surface area contributed by atoms with E-state index in [1.54, 1.807) is 9.80 Å². The molecule has 0 aromatic heterocycles. The Kier molecular flexibility index (Phi) is 16.4. The normalized spacial score (nSPS) is 20.5. The summed E-state index contributed by atoms with van der Waals surface area (Å²) in [5, 5.41) is 26.5. The van der Waals surface area contributed by atoms with Crippen molar-refractivity contribution in [1.82, 2.24) is 14.7 Å². The van der Waals surface area contributed by atoms with E-state index in [-0.39, 0.29) is 64.3 Å². The van der Waals surface area contributed by atoms with Crippen molar-refractivity contribution in [3.63, 3.8) is 0 Å². The molecule has 1 fully saturated rings. The van der Waals surface area contributed by atoms with Gasteiger partial charge in [0.25, 0.3) is 0 Å². The van der Waals surface area contributed by atoms with E-state index in [2.05, 4.69) is 0 Å². The van der Waals surface area contributed by atoms with Crippen molar-refractivity contribution in [2.75, 3.05) is 76.6 Å². The van der Waals surface area contributed by atoms with Gasteiger partial charge in [0.1, 0.15) is 0 Å². The Morgan fingerprint density at radius 1 is 0.667 bits per heavy atom. The Morgan fingerprint density at radius 3 is 1.33 bits per heavy atom. The summed E-state index contributed by atoms with van der Waals surface area (Å²) < 4.78 is 25.1. The molecular weight excluding hydrogens is 539 g/mol. The Balaban J connectivity index is 0.0000122. The molecular formula is C19H40N3O11P3. The fraction of sp³-hybridized carbons (Fsp3) is 0.842. The molecule has 1 aliphatic rings. The Labute approximate surface area is 212 Å². The van der Waals surface area contributed by atoms with Gasteiger partial charge in [-0.1, -0.05) is 7.43 Å². The number of carbonyl (C=O) groups is 3. The van der Waals surface area contributed by atoms with Gasteiger partial charge in [0.05, 0.1) is 31.8 Å². The number of hydrogen-bond donors (Lipinski definition) is 6. The molecule has 1 aliphatic heterocycles. The van der Waals surface area contributed by atoms with E-state index in [1.165, 1.54) is 0 Å². The highest BCUT2D eigenvalue weighted by atomic mass is 31.2. The van der Waals surface area contributed by atoms with Crippen molar-refractivity contribution < 1.29 is 53.5 Å². The van der Waals surface area contributed by atoms with Crippen LogP contribution in [-0.2, 0) is 23.5 Å². The van der Waals surface area contributed by atoms with Crippen LogP contribution in [0.5, 0.6) is 0 Å². The Bertz CT molecular complexity index is 765. The Morgan fingerprint density at radius 2 is 1.00 bits per heavy atom. The van der Waals surface area contributed by atoms with Gasteiger partial charge in [-0.3, -0.25) is 38.2 Å². The first kappa shape index (κ1) is 35.1. The third kappa shape index (κ3) is 16.7. The summed E-state index contributed by atoms with van der Waals surface area (Å²) in [6.45, 7) is 1.94. The molecule has 0 aromatic rings. The molecule has 0 amide bonds. The van der Waals surface area contributed by atoms with Crippen LogP contribution in [0.15, 0.2) is 0 Å². The van der Waals surface area contributed by atoms with Gasteiger partial charge in [-0.05, 0) is 0 Å². The summed E-state index contributed by atoms with van der Waals surface area (Å²) in [7, 11) is -9.18. The van der Waals surface area contributed by atoms with Crippen LogP contribution in [0.4, 0.5) is 0 Å². The molecule has 1 heterocycles. The lowest BCUT2D eigenvalue weighted by Gasteiger charge is -2.28. The standard InChI is InChI=1S/C18H36N3O11P3.CH4/c22-16(23)1-10-33(28)13-19-4-6-20(14-34(29,30)11-2-17(24)25)8-9-21(7-5-19)15-35(31,32)12-3-18(26)27;/h28H,1-15H2,(H,22,23)(H,24,25)(H,26,27)(H,29,30)(H,31,32);1H4. The minimum atomic E-state index is -3.79. The van der Waals surface area contributed by atoms with Gasteiger partial charge in [0.15, 0.2) is 0 Å². The molecule has 0 aromatic carbocycles. The van der Waals surface area contributed by atoms with Crippen LogP contribution in [0.25, 0.3) is 0 Å².